The van der Waals surface area contributed by atoms with Crippen LogP contribution in [0.4, 0.5) is 0 Å². The summed E-state index contributed by atoms with van der Waals surface area (Å²) in [6.07, 6.45) is 1.13. The van der Waals surface area contributed by atoms with E-state index in [2.05, 4.69) is 32.7 Å². The van der Waals surface area contributed by atoms with Gasteiger partial charge in [0.25, 0.3) is 0 Å². The van der Waals surface area contributed by atoms with Gasteiger partial charge in [-0.25, -0.2) is 0 Å². The van der Waals surface area contributed by atoms with Crippen LogP contribution in [0.1, 0.15) is 34.1 Å². The summed E-state index contributed by atoms with van der Waals surface area (Å²) in [6, 6.07) is 0.463. The number of hydrogen-bond acceptors (Lipinski definition) is 3. The molecule has 0 aliphatic heterocycles. The molecule has 1 atom stereocenters. The van der Waals surface area contributed by atoms with Gasteiger partial charge in [-0.3, -0.25) is 4.90 Å². The van der Waals surface area contributed by atoms with Gasteiger partial charge in [0.15, 0.2) is 0 Å². The number of rotatable bonds is 7. The second kappa shape index (κ2) is 7.20. The molecule has 92 valence electrons. The van der Waals surface area contributed by atoms with Gasteiger partial charge in [-0.15, -0.1) is 0 Å². The molecule has 0 fully saturated rings. The SMILES string of the molecule is CCOCCN(C)C(CN)CC(C)(C)C. The molecule has 0 spiro atoms. The van der Waals surface area contributed by atoms with Crippen LogP contribution < -0.4 is 5.73 Å². The number of hydrogen-bond donors (Lipinski definition) is 1. The van der Waals surface area contributed by atoms with Crippen molar-refractivity contribution in [3.8, 4) is 0 Å². The van der Waals surface area contributed by atoms with Crippen molar-refractivity contribution in [3.05, 3.63) is 0 Å². The van der Waals surface area contributed by atoms with E-state index in [0.717, 1.165) is 32.7 Å². The molecule has 0 aliphatic carbocycles. The first-order chi connectivity index (χ1) is 6.90. The van der Waals surface area contributed by atoms with Crippen molar-refractivity contribution in [3.63, 3.8) is 0 Å². The topological polar surface area (TPSA) is 38.5 Å². The molecule has 15 heavy (non-hydrogen) atoms. The molecule has 3 heteroatoms. The molecule has 0 aromatic carbocycles. The van der Waals surface area contributed by atoms with Crippen LogP contribution >= 0.6 is 0 Å². The molecule has 0 amide bonds. The van der Waals surface area contributed by atoms with Crippen molar-refractivity contribution in [2.45, 2.75) is 40.2 Å². The molecule has 0 saturated heterocycles. The summed E-state index contributed by atoms with van der Waals surface area (Å²) < 4.78 is 5.35. The van der Waals surface area contributed by atoms with Gasteiger partial charge in [0.05, 0.1) is 6.61 Å². The van der Waals surface area contributed by atoms with Gasteiger partial charge in [0, 0.05) is 25.7 Å². The van der Waals surface area contributed by atoms with Crippen molar-refractivity contribution >= 4 is 0 Å². The summed E-state index contributed by atoms with van der Waals surface area (Å²) in [4.78, 5) is 2.31. The van der Waals surface area contributed by atoms with E-state index in [1.807, 2.05) is 6.92 Å². The van der Waals surface area contributed by atoms with E-state index >= 15 is 0 Å². The van der Waals surface area contributed by atoms with Crippen molar-refractivity contribution < 1.29 is 4.74 Å². The van der Waals surface area contributed by atoms with E-state index in [0.29, 0.717) is 11.5 Å². The molecule has 0 aromatic rings. The van der Waals surface area contributed by atoms with Crippen LogP contribution in [-0.2, 0) is 4.74 Å². The third kappa shape index (κ3) is 7.77. The van der Waals surface area contributed by atoms with Gasteiger partial charge in [0.2, 0.25) is 0 Å². The standard InChI is InChI=1S/C12H28N2O/c1-6-15-8-7-14(5)11(10-13)9-12(2,3)4/h11H,6-10,13H2,1-5H3. The molecule has 0 heterocycles. The van der Waals surface area contributed by atoms with Crippen LogP contribution in [0.5, 0.6) is 0 Å². The average Bonchev–Trinajstić information content (AvgIpc) is 2.13. The third-order valence-electron chi connectivity index (χ3n) is 2.54. The predicted octanol–water partition coefficient (Wildman–Crippen LogP) is 1.72. The van der Waals surface area contributed by atoms with Gasteiger partial charge in [-0.2, -0.15) is 0 Å². The fraction of sp³-hybridized carbons (Fsp3) is 1.00. The van der Waals surface area contributed by atoms with Crippen molar-refractivity contribution in [2.75, 3.05) is 33.4 Å². The lowest BCUT2D eigenvalue weighted by Gasteiger charge is -2.32. The Labute approximate surface area is 95.0 Å². The van der Waals surface area contributed by atoms with Crippen molar-refractivity contribution in [1.29, 1.82) is 0 Å². The van der Waals surface area contributed by atoms with Crippen LogP contribution in [0.2, 0.25) is 0 Å². The van der Waals surface area contributed by atoms with Gasteiger partial charge >= 0.3 is 0 Å². The molecule has 2 N–H and O–H groups in total. The summed E-state index contributed by atoms with van der Waals surface area (Å²) in [7, 11) is 2.13. The normalized spacial score (nSPS) is 14.6. The first-order valence-corrected chi connectivity index (χ1v) is 5.88. The van der Waals surface area contributed by atoms with E-state index in [4.69, 9.17) is 10.5 Å². The minimum Gasteiger partial charge on any atom is -0.380 e. The number of nitrogens with two attached hydrogens (primary N) is 1. The van der Waals surface area contributed by atoms with Crippen molar-refractivity contribution in [2.24, 2.45) is 11.1 Å². The van der Waals surface area contributed by atoms with Gasteiger partial charge in [-0.05, 0) is 25.8 Å². The first kappa shape index (κ1) is 14.9. The van der Waals surface area contributed by atoms with Crippen LogP contribution in [-0.4, -0.2) is 44.3 Å². The quantitative estimate of drug-likeness (QED) is 0.659. The summed E-state index contributed by atoms with van der Waals surface area (Å²) in [6.45, 7) is 12.1. The van der Waals surface area contributed by atoms with E-state index in [9.17, 15) is 0 Å². The lowest BCUT2D eigenvalue weighted by atomic mass is 9.87. The maximum atomic E-state index is 5.80. The number of ether oxygens (including phenoxy) is 1. The zero-order chi connectivity index (χ0) is 11.9. The summed E-state index contributed by atoms with van der Waals surface area (Å²) >= 11 is 0. The molecule has 0 saturated carbocycles. The number of likely N-dealkylation sites (N-methyl/N-ethyl adjacent to an activating group) is 1. The van der Waals surface area contributed by atoms with Crippen LogP contribution in [0.25, 0.3) is 0 Å². The Bertz CT molecular complexity index is 154. The second-order valence-electron chi connectivity index (χ2n) is 5.33. The minimum atomic E-state index is 0.337. The lowest BCUT2D eigenvalue weighted by molar-refractivity contribution is 0.0975. The highest BCUT2D eigenvalue weighted by Crippen LogP contribution is 2.22. The fourth-order valence-electron chi connectivity index (χ4n) is 1.66. The Morgan fingerprint density at radius 1 is 1.33 bits per heavy atom. The Morgan fingerprint density at radius 3 is 2.33 bits per heavy atom. The van der Waals surface area contributed by atoms with E-state index in [1.54, 1.807) is 0 Å². The molecule has 0 bridgehead atoms. The highest BCUT2D eigenvalue weighted by Gasteiger charge is 2.20. The second-order valence-corrected chi connectivity index (χ2v) is 5.33. The van der Waals surface area contributed by atoms with Crippen LogP contribution in [0, 0.1) is 5.41 Å². The molecule has 0 aliphatic rings. The maximum Gasteiger partial charge on any atom is 0.0593 e. The maximum absolute atomic E-state index is 5.80. The summed E-state index contributed by atoms with van der Waals surface area (Å²) in [5.41, 5.74) is 6.14. The fourth-order valence-corrected chi connectivity index (χ4v) is 1.66. The molecule has 1 unspecified atom stereocenters. The smallest absolute Gasteiger partial charge is 0.0593 e. The lowest BCUT2D eigenvalue weighted by Crippen LogP contribution is -2.42. The van der Waals surface area contributed by atoms with Gasteiger partial charge in [0.1, 0.15) is 0 Å². The average molecular weight is 216 g/mol. The highest BCUT2D eigenvalue weighted by molar-refractivity contribution is 4.76. The Morgan fingerprint density at radius 2 is 1.93 bits per heavy atom. The Balaban J connectivity index is 3.93. The van der Waals surface area contributed by atoms with Gasteiger partial charge in [-0.1, -0.05) is 20.8 Å². The highest BCUT2D eigenvalue weighted by atomic mass is 16.5. The minimum absolute atomic E-state index is 0.337. The monoisotopic (exact) mass is 216 g/mol. The Hall–Kier alpha value is -0.120. The molecule has 0 aromatic heterocycles. The predicted molar refractivity (Wildman–Crippen MR) is 66.0 cm³/mol. The van der Waals surface area contributed by atoms with E-state index < -0.39 is 0 Å². The first-order valence-electron chi connectivity index (χ1n) is 5.88. The summed E-state index contributed by atoms with van der Waals surface area (Å²) in [5.74, 6) is 0. The van der Waals surface area contributed by atoms with E-state index in [-0.39, 0.29) is 0 Å². The molecule has 3 nitrogen and oxygen atoms in total. The molecule has 0 rings (SSSR count). The largest absolute Gasteiger partial charge is 0.380 e. The van der Waals surface area contributed by atoms with Crippen LogP contribution in [0.15, 0.2) is 0 Å². The zero-order valence-electron chi connectivity index (χ0n) is 11.0. The Kier molecular flexibility index (Phi) is 7.14. The molecular formula is C12H28N2O. The van der Waals surface area contributed by atoms with Crippen molar-refractivity contribution in [1.82, 2.24) is 4.90 Å². The molecule has 0 radical (unpaired) electrons. The number of nitrogens with zero attached hydrogens (tertiary/aromatic N) is 1. The van der Waals surface area contributed by atoms with Gasteiger partial charge < -0.3 is 10.5 Å². The summed E-state index contributed by atoms with van der Waals surface area (Å²) in [5, 5.41) is 0. The third-order valence-corrected chi connectivity index (χ3v) is 2.54. The van der Waals surface area contributed by atoms with E-state index in [1.165, 1.54) is 0 Å². The molecular weight excluding hydrogens is 188 g/mol. The zero-order valence-corrected chi connectivity index (χ0v) is 11.0. The van der Waals surface area contributed by atoms with Crippen LogP contribution in [0.3, 0.4) is 0 Å².